The molecule has 77 heavy (non-hydrogen) atoms. The van der Waals surface area contributed by atoms with E-state index in [1.54, 1.807) is 0 Å². The van der Waals surface area contributed by atoms with E-state index in [2.05, 4.69) is 276 Å². The summed E-state index contributed by atoms with van der Waals surface area (Å²) >= 11 is 0. The van der Waals surface area contributed by atoms with Crippen molar-refractivity contribution in [2.75, 3.05) is 4.90 Å². The predicted octanol–water partition coefficient (Wildman–Crippen LogP) is 18.9. The number of rotatable bonds is 6. The van der Waals surface area contributed by atoms with E-state index in [1.165, 1.54) is 94.3 Å². The van der Waals surface area contributed by atoms with Gasteiger partial charge in [-0.15, -0.1) is 0 Å². The molecular formula is C74H46N2O. The third kappa shape index (κ3) is 5.59. The first kappa shape index (κ1) is 42.4. The summed E-state index contributed by atoms with van der Waals surface area (Å²) in [5.74, 6) is 0. The molecule has 0 amide bonds. The fourth-order valence-corrected chi connectivity index (χ4v) is 14.4. The van der Waals surface area contributed by atoms with Gasteiger partial charge in [-0.2, -0.15) is 0 Å². The Hall–Kier alpha value is -9.96. The van der Waals surface area contributed by atoms with E-state index in [0.29, 0.717) is 0 Å². The van der Waals surface area contributed by atoms with E-state index in [9.17, 15) is 0 Å². The third-order valence-electron chi connectivity index (χ3n) is 17.5. The van der Waals surface area contributed by atoms with Crippen molar-refractivity contribution in [2.24, 2.45) is 0 Å². The van der Waals surface area contributed by atoms with Crippen molar-refractivity contribution in [3.05, 3.63) is 324 Å². The van der Waals surface area contributed by atoms with E-state index >= 15 is 0 Å². The first-order valence-corrected chi connectivity index (χ1v) is 26.7. The van der Waals surface area contributed by atoms with Gasteiger partial charge < -0.3 is 13.9 Å². The van der Waals surface area contributed by atoms with Crippen LogP contribution in [-0.2, 0) is 10.8 Å². The largest absolute Gasteiger partial charge is 0.456 e. The van der Waals surface area contributed by atoms with E-state index in [4.69, 9.17) is 4.42 Å². The van der Waals surface area contributed by atoms with Crippen molar-refractivity contribution in [1.82, 2.24) is 4.57 Å². The highest BCUT2D eigenvalue weighted by Crippen LogP contribution is 2.63. The van der Waals surface area contributed by atoms with Crippen LogP contribution < -0.4 is 4.90 Å². The smallest absolute Gasteiger partial charge is 0.135 e. The molecule has 12 aromatic carbocycles. The Morgan fingerprint density at radius 1 is 0.299 bits per heavy atom. The van der Waals surface area contributed by atoms with Crippen LogP contribution in [0.2, 0.25) is 0 Å². The number of fused-ring (bicyclic) bond motifs is 18. The molecule has 0 unspecified atom stereocenters. The average molecular weight is 979 g/mol. The minimum absolute atomic E-state index is 0.579. The maximum Gasteiger partial charge on any atom is 0.135 e. The molecule has 0 fully saturated rings. The minimum atomic E-state index is -0.608. The summed E-state index contributed by atoms with van der Waals surface area (Å²) in [6.45, 7) is 0. The lowest BCUT2D eigenvalue weighted by molar-refractivity contribution is 0.669. The molecule has 0 N–H and O–H groups in total. The van der Waals surface area contributed by atoms with Crippen molar-refractivity contribution >= 4 is 60.8 Å². The van der Waals surface area contributed by atoms with Gasteiger partial charge in [0.05, 0.1) is 27.6 Å². The van der Waals surface area contributed by atoms with Crippen LogP contribution in [0, 0.1) is 0 Å². The summed E-state index contributed by atoms with van der Waals surface area (Å²) in [5, 5.41) is 4.70. The molecule has 1 aliphatic heterocycles. The summed E-state index contributed by atoms with van der Waals surface area (Å²) in [7, 11) is 0. The molecule has 14 aromatic rings. The van der Waals surface area contributed by atoms with Gasteiger partial charge in [-0.3, -0.25) is 0 Å². The highest BCUT2D eigenvalue weighted by Gasteiger charge is 2.51. The molecule has 3 nitrogen and oxygen atoms in total. The van der Waals surface area contributed by atoms with Gasteiger partial charge >= 0.3 is 0 Å². The van der Waals surface area contributed by atoms with E-state index < -0.39 is 10.8 Å². The zero-order valence-corrected chi connectivity index (χ0v) is 41.9. The lowest BCUT2D eigenvalue weighted by atomic mass is 9.65. The maximum atomic E-state index is 6.28. The summed E-state index contributed by atoms with van der Waals surface area (Å²) in [4.78, 5) is 2.53. The van der Waals surface area contributed by atoms with Crippen LogP contribution in [0.5, 0.6) is 0 Å². The van der Waals surface area contributed by atoms with Gasteiger partial charge in [0.25, 0.3) is 0 Å². The number of nitrogens with zero attached hydrogens (tertiary/aromatic N) is 2. The van der Waals surface area contributed by atoms with Crippen LogP contribution in [0.4, 0.5) is 17.1 Å². The Morgan fingerprint density at radius 3 is 1.52 bits per heavy atom. The molecule has 0 saturated heterocycles. The molecular weight excluding hydrogens is 933 g/mol. The zero-order chi connectivity index (χ0) is 50.4. The van der Waals surface area contributed by atoms with Crippen LogP contribution >= 0.6 is 0 Å². The van der Waals surface area contributed by atoms with Crippen LogP contribution in [-0.4, -0.2) is 4.57 Å². The molecule has 3 heterocycles. The van der Waals surface area contributed by atoms with Gasteiger partial charge in [0.15, 0.2) is 0 Å². The molecule has 3 aliphatic rings. The SMILES string of the molecule is c1ccc(C2(c3ccccc3)c3ccccc3-c3ccc(N(c4ccc(-c5ccc6oc7ccccc7c6c5)cc4)c4cc5c6c(c4)c4ccccc4n6-c4ccccc4C54c5ccccc5-c5ccccc54)cc32)cc1. The van der Waals surface area contributed by atoms with Crippen LogP contribution in [0.1, 0.15) is 44.5 Å². The summed E-state index contributed by atoms with van der Waals surface area (Å²) in [5.41, 5.74) is 25.1. The highest BCUT2D eigenvalue weighted by atomic mass is 16.3. The summed E-state index contributed by atoms with van der Waals surface area (Å²) < 4.78 is 8.83. The van der Waals surface area contributed by atoms with Crippen molar-refractivity contribution in [1.29, 1.82) is 0 Å². The Kier molecular flexibility index (Phi) is 8.69. The fraction of sp³-hybridized carbons (Fsp3) is 0.0270. The van der Waals surface area contributed by atoms with Crippen molar-refractivity contribution in [3.63, 3.8) is 0 Å². The summed E-state index contributed by atoms with van der Waals surface area (Å²) in [6, 6.07) is 104. The fourth-order valence-electron chi connectivity index (χ4n) is 14.4. The Balaban J connectivity index is 0.965. The first-order valence-electron chi connectivity index (χ1n) is 26.7. The second kappa shape index (κ2) is 15.8. The molecule has 0 bridgehead atoms. The lowest BCUT2D eigenvalue weighted by Crippen LogP contribution is -2.33. The first-order chi connectivity index (χ1) is 38.2. The molecule has 17 rings (SSSR count). The Bertz CT molecular complexity index is 4670. The van der Waals surface area contributed by atoms with Gasteiger partial charge in [-0.25, -0.2) is 0 Å². The molecule has 1 spiro atoms. The number of para-hydroxylation sites is 3. The van der Waals surface area contributed by atoms with Crippen molar-refractivity contribution < 1.29 is 4.42 Å². The summed E-state index contributed by atoms with van der Waals surface area (Å²) in [6.07, 6.45) is 0. The second-order valence-electron chi connectivity index (χ2n) is 21.0. The number of hydrogen-bond acceptors (Lipinski definition) is 2. The molecule has 2 aromatic heterocycles. The lowest BCUT2D eigenvalue weighted by Gasteiger charge is -2.40. The van der Waals surface area contributed by atoms with E-state index in [1.807, 2.05) is 12.1 Å². The predicted molar refractivity (Wildman–Crippen MR) is 316 cm³/mol. The molecule has 3 heteroatoms. The normalized spacial score (nSPS) is 13.9. The van der Waals surface area contributed by atoms with Crippen LogP contribution in [0.15, 0.2) is 283 Å². The van der Waals surface area contributed by atoms with Crippen molar-refractivity contribution in [2.45, 2.75) is 10.8 Å². The Morgan fingerprint density at radius 2 is 0.818 bits per heavy atom. The Labute approximate surface area is 445 Å². The molecule has 2 aliphatic carbocycles. The minimum Gasteiger partial charge on any atom is -0.456 e. The number of aromatic nitrogens is 1. The van der Waals surface area contributed by atoms with E-state index in [-0.39, 0.29) is 0 Å². The van der Waals surface area contributed by atoms with Gasteiger partial charge in [0, 0.05) is 38.6 Å². The van der Waals surface area contributed by atoms with Gasteiger partial charge in [-0.05, 0) is 145 Å². The monoisotopic (exact) mass is 978 g/mol. The van der Waals surface area contributed by atoms with E-state index in [0.717, 1.165) is 50.1 Å². The number of benzene rings is 12. The van der Waals surface area contributed by atoms with Gasteiger partial charge in [-0.1, -0.05) is 212 Å². The van der Waals surface area contributed by atoms with Crippen molar-refractivity contribution in [3.8, 4) is 39.1 Å². The number of anilines is 3. The average Bonchev–Trinajstić information content (AvgIpc) is 3.61. The highest BCUT2D eigenvalue weighted by molar-refractivity contribution is 6.14. The zero-order valence-electron chi connectivity index (χ0n) is 41.9. The topological polar surface area (TPSA) is 21.3 Å². The molecule has 358 valence electrons. The van der Waals surface area contributed by atoms with Gasteiger partial charge in [0.1, 0.15) is 11.2 Å². The quantitative estimate of drug-likeness (QED) is 0.166. The standard InChI is InChI=1S/C74H46N2O/c1-3-19-49(20-4-1)73(50-21-5-2-6-22-50)62-28-12-7-25-56(62)57-41-40-52(45-66(57)73)75(51-38-35-47(36-39-51)48-37-42-71-60(43-48)59-27-11-18-34-70(59)77-71)53-44-61-58-26-10-16-32-68(58)76-69-33-17-15-31-65(69)74(67(46-53)72(61)76)63-29-13-8-23-54(63)55-24-9-14-30-64(55)74/h1-46H. The number of hydrogen-bond donors (Lipinski definition) is 0. The van der Waals surface area contributed by atoms with Crippen LogP contribution in [0.25, 0.3) is 82.8 Å². The number of furan rings is 1. The second-order valence-corrected chi connectivity index (χ2v) is 21.0. The molecule has 0 radical (unpaired) electrons. The molecule has 0 saturated carbocycles. The molecule has 0 atom stereocenters. The maximum absolute atomic E-state index is 6.28. The third-order valence-corrected chi connectivity index (χ3v) is 17.5. The van der Waals surface area contributed by atoms with Crippen LogP contribution in [0.3, 0.4) is 0 Å². The van der Waals surface area contributed by atoms with Gasteiger partial charge in [0.2, 0.25) is 0 Å².